The Hall–Kier alpha value is -1.06. The van der Waals surface area contributed by atoms with Gasteiger partial charge in [0.25, 0.3) is 0 Å². The van der Waals surface area contributed by atoms with Gasteiger partial charge in [0.15, 0.2) is 0 Å². The van der Waals surface area contributed by atoms with Gasteiger partial charge >= 0.3 is 11.9 Å². The van der Waals surface area contributed by atoms with Gasteiger partial charge in [0.05, 0.1) is 0 Å². The molecule has 4 nitrogen and oxygen atoms in total. The van der Waals surface area contributed by atoms with Crippen LogP contribution in [0.3, 0.4) is 0 Å². The Morgan fingerprint density at radius 2 is 1.45 bits per heavy atom. The van der Waals surface area contributed by atoms with Crippen LogP contribution in [0, 0.1) is 23.7 Å². The van der Waals surface area contributed by atoms with E-state index in [1.807, 2.05) is 0 Å². The highest BCUT2D eigenvalue weighted by atomic mass is 16.4. The number of carbonyl (C=O) groups is 2. The third-order valence-corrected chi connectivity index (χ3v) is 5.39. The normalized spacial score (nSPS) is 28.5. The van der Waals surface area contributed by atoms with Crippen molar-refractivity contribution in [2.75, 3.05) is 0 Å². The van der Waals surface area contributed by atoms with Gasteiger partial charge in [-0.1, -0.05) is 33.1 Å². The molecule has 0 aromatic heterocycles. The zero-order valence-corrected chi connectivity index (χ0v) is 14.1. The van der Waals surface area contributed by atoms with Crippen molar-refractivity contribution in [3.05, 3.63) is 0 Å². The zero-order chi connectivity index (χ0) is 16.5. The summed E-state index contributed by atoms with van der Waals surface area (Å²) in [5, 5.41) is 17.7. The standard InChI is InChI=1S/C18H32O4/c1-3-6-14-12-11-13(2)15(7-4-9-17(19)20)16(14)8-5-10-18(21)22/h13-16H,3-12H2,1-2H3,(H,19,20)(H,21,22). The number of carboxylic acid groups (broad SMARTS) is 2. The van der Waals surface area contributed by atoms with Gasteiger partial charge in [-0.2, -0.15) is 0 Å². The maximum absolute atomic E-state index is 10.8. The van der Waals surface area contributed by atoms with Crippen molar-refractivity contribution in [3.8, 4) is 0 Å². The van der Waals surface area contributed by atoms with Crippen molar-refractivity contribution in [1.29, 1.82) is 0 Å². The molecule has 1 saturated carbocycles. The molecule has 4 atom stereocenters. The van der Waals surface area contributed by atoms with Gasteiger partial charge in [-0.25, -0.2) is 0 Å². The van der Waals surface area contributed by atoms with Crippen LogP contribution in [-0.2, 0) is 9.59 Å². The second-order valence-electron chi connectivity index (χ2n) is 7.00. The van der Waals surface area contributed by atoms with Crippen LogP contribution in [0.5, 0.6) is 0 Å². The molecule has 1 rings (SSSR count). The Morgan fingerprint density at radius 3 is 1.95 bits per heavy atom. The Labute approximate surface area is 134 Å². The van der Waals surface area contributed by atoms with Crippen LogP contribution in [-0.4, -0.2) is 22.2 Å². The quantitative estimate of drug-likeness (QED) is 0.619. The first-order valence-corrected chi connectivity index (χ1v) is 8.89. The van der Waals surface area contributed by atoms with E-state index in [2.05, 4.69) is 13.8 Å². The highest BCUT2D eigenvalue weighted by Crippen LogP contribution is 2.45. The number of hydrogen-bond donors (Lipinski definition) is 2. The van der Waals surface area contributed by atoms with Gasteiger partial charge in [-0.3, -0.25) is 9.59 Å². The Bertz CT molecular complexity index is 353. The van der Waals surface area contributed by atoms with E-state index in [0.29, 0.717) is 23.7 Å². The minimum absolute atomic E-state index is 0.253. The monoisotopic (exact) mass is 312 g/mol. The van der Waals surface area contributed by atoms with Crippen molar-refractivity contribution in [2.45, 2.75) is 78.1 Å². The van der Waals surface area contributed by atoms with E-state index in [9.17, 15) is 9.59 Å². The lowest BCUT2D eigenvalue weighted by Crippen LogP contribution is -2.34. The van der Waals surface area contributed by atoms with E-state index in [-0.39, 0.29) is 12.8 Å². The lowest BCUT2D eigenvalue weighted by Gasteiger charge is -2.43. The largest absolute Gasteiger partial charge is 0.481 e. The summed E-state index contributed by atoms with van der Waals surface area (Å²) in [5.74, 6) is 1.06. The zero-order valence-electron chi connectivity index (χ0n) is 14.1. The molecule has 22 heavy (non-hydrogen) atoms. The van der Waals surface area contributed by atoms with E-state index >= 15 is 0 Å². The van der Waals surface area contributed by atoms with Crippen molar-refractivity contribution in [2.24, 2.45) is 23.7 Å². The average Bonchev–Trinajstić information content (AvgIpc) is 2.43. The van der Waals surface area contributed by atoms with E-state index < -0.39 is 11.9 Å². The van der Waals surface area contributed by atoms with Gasteiger partial charge in [-0.15, -0.1) is 0 Å². The summed E-state index contributed by atoms with van der Waals surface area (Å²) >= 11 is 0. The van der Waals surface area contributed by atoms with Crippen LogP contribution in [0.4, 0.5) is 0 Å². The second kappa shape index (κ2) is 9.86. The summed E-state index contributed by atoms with van der Waals surface area (Å²) in [4.78, 5) is 21.5. The Balaban J connectivity index is 2.65. The number of hydrogen-bond acceptors (Lipinski definition) is 2. The van der Waals surface area contributed by atoms with Crippen LogP contribution in [0.1, 0.15) is 78.1 Å². The van der Waals surface area contributed by atoms with Crippen LogP contribution < -0.4 is 0 Å². The molecule has 4 unspecified atom stereocenters. The highest BCUT2D eigenvalue weighted by molar-refractivity contribution is 5.66. The number of carboxylic acids is 2. The van der Waals surface area contributed by atoms with Crippen LogP contribution in [0.15, 0.2) is 0 Å². The molecular weight excluding hydrogens is 280 g/mol. The van der Waals surface area contributed by atoms with E-state index in [0.717, 1.165) is 25.7 Å². The highest BCUT2D eigenvalue weighted by Gasteiger charge is 2.36. The number of aliphatic carboxylic acids is 2. The molecule has 0 aromatic rings. The molecular formula is C18H32O4. The minimum Gasteiger partial charge on any atom is -0.481 e. The van der Waals surface area contributed by atoms with Gasteiger partial charge in [-0.05, 0) is 55.8 Å². The molecule has 1 aliphatic rings. The summed E-state index contributed by atoms with van der Waals surface area (Å²) in [7, 11) is 0. The van der Waals surface area contributed by atoms with Crippen LogP contribution >= 0.6 is 0 Å². The molecule has 1 fully saturated rings. The fourth-order valence-electron chi connectivity index (χ4n) is 4.33. The molecule has 0 radical (unpaired) electrons. The summed E-state index contributed by atoms with van der Waals surface area (Å²) in [6.45, 7) is 4.50. The fourth-order valence-corrected chi connectivity index (χ4v) is 4.33. The van der Waals surface area contributed by atoms with Gasteiger partial charge in [0.1, 0.15) is 0 Å². The smallest absolute Gasteiger partial charge is 0.303 e. The van der Waals surface area contributed by atoms with Crippen LogP contribution in [0.25, 0.3) is 0 Å². The van der Waals surface area contributed by atoms with E-state index in [4.69, 9.17) is 10.2 Å². The first kappa shape index (κ1) is 19.0. The molecule has 0 amide bonds. The summed E-state index contributed by atoms with van der Waals surface area (Å²) in [5.41, 5.74) is 0. The van der Waals surface area contributed by atoms with Gasteiger partial charge in [0.2, 0.25) is 0 Å². The molecule has 0 aromatic carbocycles. The molecule has 128 valence electrons. The average molecular weight is 312 g/mol. The molecule has 2 N–H and O–H groups in total. The third-order valence-electron chi connectivity index (χ3n) is 5.39. The van der Waals surface area contributed by atoms with Crippen molar-refractivity contribution < 1.29 is 19.8 Å². The molecule has 0 heterocycles. The molecule has 0 spiro atoms. The van der Waals surface area contributed by atoms with Crippen molar-refractivity contribution in [1.82, 2.24) is 0 Å². The predicted octanol–water partition coefficient (Wildman–Crippen LogP) is 4.57. The first-order valence-electron chi connectivity index (χ1n) is 8.89. The van der Waals surface area contributed by atoms with Gasteiger partial charge < -0.3 is 10.2 Å². The van der Waals surface area contributed by atoms with Gasteiger partial charge in [0, 0.05) is 12.8 Å². The summed E-state index contributed by atoms with van der Waals surface area (Å²) in [6.07, 6.45) is 8.86. The van der Waals surface area contributed by atoms with Crippen molar-refractivity contribution >= 4 is 11.9 Å². The van der Waals surface area contributed by atoms with Crippen LogP contribution in [0.2, 0.25) is 0 Å². The topological polar surface area (TPSA) is 74.6 Å². The molecule has 0 aliphatic heterocycles. The Kier molecular flexibility index (Phi) is 8.51. The minimum atomic E-state index is -0.712. The number of rotatable bonds is 10. The first-order chi connectivity index (χ1) is 10.5. The van der Waals surface area contributed by atoms with Crippen molar-refractivity contribution in [3.63, 3.8) is 0 Å². The molecule has 4 heteroatoms. The summed E-state index contributed by atoms with van der Waals surface area (Å²) in [6, 6.07) is 0. The van der Waals surface area contributed by atoms with E-state index in [1.165, 1.54) is 25.7 Å². The predicted molar refractivity (Wildman–Crippen MR) is 86.7 cm³/mol. The SMILES string of the molecule is CCCC1CCC(C)C(CCCC(=O)O)C1CCCC(=O)O. The summed E-state index contributed by atoms with van der Waals surface area (Å²) < 4.78 is 0. The van der Waals surface area contributed by atoms with E-state index in [1.54, 1.807) is 0 Å². The third kappa shape index (κ3) is 6.37. The fraction of sp³-hybridized carbons (Fsp3) is 0.889. The second-order valence-corrected chi connectivity index (χ2v) is 7.00. The lowest BCUT2D eigenvalue weighted by molar-refractivity contribution is -0.138. The maximum Gasteiger partial charge on any atom is 0.303 e. The Morgan fingerprint density at radius 1 is 0.909 bits per heavy atom. The molecule has 1 aliphatic carbocycles. The molecule has 0 saturated heterocycles. The molecule has 0 bridgehead atoms. The maximum atomic E-state index is 10.8. The lowest BCUT2D eigenvalue weighted by atomic mass is 9.63.